The average Bonchev–Trinajstić information content (AvgIpc) is 2.93. The van der Waals surface area contributed by atoms with Crippen LogP contribution in [0.1, 0.15) is 23.0 Å². The van der Waals surface area contributed by atoms with Crippen LogP contribution in [0.4, 0.5) is 5.82 Å². The fourth-order valence-corrected chi connectivity index (χ4v) is 1.87. The number of carbonyl (C=O) groups excluding carboxylic acids is 1. The SMILES string of the molecule is C#Cc1ccnc(N(CC)C(=O)c2cnsn2)c1. The molecule has 0 saturated heterocycles. The lowest BCUT2D eigenvalue weighted by Crippen LogP contribution is -2.31. The zero-order valence-corrected chi connectivity index (χ0v) is 10.5. The smallest absolute Gasteiger partial charge is 0.280 e. The molecule has 0 N–H and O–H groups in total. The van der Waals surface area contributed by atoms with E-state index in [0.29, 0.717) is 23.6 Å². The molecule has 1 amide bonds. The Balaban J connectivity index is 2.34. The van der Waals surface area contributed by atoms with E-state index in [-0.39, 0.29) is 5.91 Å². The molecule has 0 aliphatic carbocycles. The Bertz CT molecular complexity index is 588. The summed E-state index contributed by atoms with van der Waals surface area (Å²) in [6.07, 6.45) is 8.36. The van der Waals surface area contributed by atoms with E-state index in [1.807, 2.05) is 6.92 Å². The maximum absolute atomic E-state index is 12.2. The van der Waals surface area contributed by atoms with Gasteiger partial charge in [0.25, 0.3) is 5.91 Å². The van der Waals surface area contributed by atoms with Gasteiger partial charge in [0.05, 0.1) is 17.9 Å². The van der Waals surface area contributed by atoms with Gasteiger partial charge in [0.15, 0.2) is 5.69 Å². The van der Waals surface area contributed by atoms with Crippen LogP contribution in [0.2, 0.25) is 0 Å². The Kier molecular flexibility index (Phi) is 3.65. The van der Waals surface area contributed by atoms with Crippen LogP contribution in [-0.4, -0.2) is 26.2 Å². The van der Waals surface area contributed by atoms with Crippen LogP contribution < -0.4 is 4.90 Å². The molecule has 0 radical (unpaired) electrons. The third kappa shape index (κ3) is 2.36. The van der Waals surface area contributed by atoms with Gasteiger partial charge in [-0.3, -0.25) is 9.69 Å². The lowest BCUT2D eigenvalue weighted by molar-refractivity contribution is 0.0983. The van der Waals surface area contributed by atoms with Gasteiger partial charge in [0.2, 0.25) is 0 Å². The van der Waals surface area contributed by atoms with Gasteiger partial charge < -0.3 is 0 Å². The number of hydrogen-bond donors (Lipinski definition) is 0. The average molecular weight is 258 g/mol. The Morgan fingerprint density at radius 3 is 3.06 bits per heavy atom. The number of anilines is 1. The monoisotopic (exact) mass is 258 g/mol. The van der Waals surface area contributed by atoms with Gasteiger partial charge in [-0.2, -0.15) is 8.75 Å². The van der Waals surface area contributed by atoms with E-state index < -0.39 is 0 Å². The van der Waals surface area contributed by atoms with Gasteiger partial charge in [-0.25, -0.2) is 4.98 Å². The van der Waals surface area contributed by atoms with Crippen molar-refractivity contribution in [2.45, 2.75) is 6.92 Å². The second-order valence-corrected chi connectivity index (χ2v) is 3.95. The molecule has 18 heavy (non-hydrogen) atoms. The highest BCUT2D eigenvalue weighted by molar-refractivity contribution is 6.99. The third-order valence-corrected chi connectivity index (χ3v) is 2.81. The summed E-state index contributed by atoms with van der Waals surface area (Å²) in [4.78, 5) is 17.8. The second kappa shape index (κ2) is 5.38. The van der Waals surface area contributed by atoms with E-state index in [4.69, 9.17) is 6.42 Å². The Morgan fingerprint density at radius 1 is 1.61 bits per heavy atom. The highest BCUT2D eigenvalue weighted by Gasteiger charge is 2.19. The molecule has 0 aromatic carbocycles. The molecule has 0 atom stereocenters. The molecule has 0 saturated carbocycles. The molecule has 5 nitrogen and oxygen atoms in total. The number of amides is 1. The Labute approximate surface area is 109 Å². The molecule has 0 aliphatic rings. The van der Waals surface area contributed by atoms with E-state index in [2.05, 4.69) is 19.7 Å². The summed E-state index contributed by atoms with van der Waals surface area (Å²) in [6, 6.07) is 3.41. The van der Waals surface area contributed by atoms with Crippen molar-refractivity contribution in [2.75, 3.05) is 11.4 Å². The molecule has 2 heterocycles. The minimum Gasteiger partial charge on any atom is -0.292 e. The van der Waals surface area contributed by atoms with Crippen molar-refractivity contribution in [1.82, 2.24) is 13.7 Å². The Hall–Kier alpha value is -2.26. The van der Waals surface area contributed by atoms with Crippen molar-refractivity contribution in [3.63, 3.8) is 0 Å². The molecule has 0 fully saturated rings. The molecule has 0 unspecified atom stereocenters. The van der Waals surface area contributed by atoms with Crippen molar-refractivity contribution in [1.29, 1.82) is 0 Å². The van der Waals surface area contributed by atoms with E-state index in [1.54, 1.807) is 18.3 Å². The van der Waals surface area contributed by atoms with Crippen LogP contribution >= 0.6 is 11.7 Å². The zero-order chi connectivity index (χ0) is 13.0. The summed E-state index contributed by atoms with van der Waals surface area (Å²) in [5, 5.41) is 0. The zero-order valence-electron chi connectivity index (χ0n) is 9.70. The van der Waals surface area contributed by atoms with Gasteiger partial charge in [0, 0.05) is 18.3 Å². The molecule has 0 bridgehead atoms. The first-order chi connectivity index (χ1) is 8.76. The summed E-state index contributed by atoms with van der Waals surface area (Å²) in [7, 11) is 0. The van der Waals surface area contributed by atoms with E-state index in [0.717, 1.165) is 11.7 Å². The van der Waals surface area contributed by atoms with Crippen LogP contribution in [-0.2, 0) is 0 Å². The van der Waals surface area contributed by atoms with Gasteiger partial charge >= 0.3 is 0 Å². The number of hydrogen-bond acceptors (Lipinski definition) is 5. The van der Waals surface area contributed by atoms with Crippen molar-refractivity contribution < 1.29 is 4.79 Å². The highest BCUT2D eigenvalue weighted by Crippen LogP contribution is 2.14. The van der Waals surface area contributed by atoms with E-state index in [9.17, 15) is 4.79 Å². The normalized spacial score (nSPS) is 9.78. The summed E-state index contributed by atoms with van der Waals surface area (Å²) < 4.78 is 7.74. The molecule has 2 aromatic rings. The molecule has 2 rings (SSSR count). The molecular formula is C12H10N4OS. The van der Waals surface area contributed by atoms with Gasteiger partial charge in [0.1, 0.15) is 5.82 Å². The van der Waals surface area contributed by atoms with Gasteiger partial charge in [-0.1, -0.05) is 5.92 Å². The summed E-state index contributed by atoms with van der Waals surface area (Å²) in [5.74, 6) is 2.81. The van der Waals surface area contributed by atoms with Crippen LogP contribution in [0.25, 0.3) is 0 Å². The maximum Gasteiger partial charge on any atom is 0.280 e. The summed E-state index contributed by atoms with van der Waals surface area (Å²) in [5.41, 5.74) is 0.998. The number of nitrogens with zero attached hydrogens (tertiary/aromatic N) is 4. The lowest BCUT2D eigenvalue weighted by atomic mass is 10.2. The van der Waals surface area contributed by atoms with Crippen molar-refractivity contribution in [2.24, 2.45) is 0 Å². The first-order valence-electron chi connectivity index (χ1n) is 5.28. The maximum atomic E-state index is 12.2. The number of terminal acetylenes is 1. The van der Waals surface area contributed by atoms with E-state index in [1.165, 1.54) is 11.1 Å². The fourth-order valence-electron chi connectivity index (χ4n) is 1.46. The first-order valence-corrected chi connectivity index (χ1v) is 6.01. The van der Waals surface area contributed by atoms with Crippen LogP contribution in [0, 0.1) is 12.3 Å². The molecular weight excluding hydrogens is 248 g/mol. The standard InChI is InChI=1S/C12H10N4OS/c1-3-9-5-6-13-11(7-9)16(4-2)12(17)10-8-14-18-15-10/h1,5-8H,4H2,2H3. The lowest BCUT2D eigenvalue weighted by Gasteiger charge is -2.18. The molecule has 2 aromatic heterocycles. The molecule has 90 valence electrons. The second-order valence-electron chi connectivity index (χ2n) is 3.39. The highest BCUT2D eigenvalue weighted by atomic mass is 32.1. The third-order valence-electron chi connectivity index (χ3n) is 2.33. The van der Waals surface area contributed by atoms with Crippen molar-refractivity contribution in [3.05, 3.63) is 35.8 Å². The molecule has 6 heteroatoms. The molecule has 0 aliphatic heterocycles. The van der Waals surface area contributed by atoms with Gasteiger partial charge in [-0.05, 0) is 19.1 Å². The number of rotatable bonds is 3. The minimum atomic E-state index is -0.229. The Morgan fingerprint density at radius 2 is 2.44 bits per heavy atom. The summed E-state index contributed by atoms with van der Waals surface area (Å²) in [6.45, 7) is 2.35. The van der Waals surface area contributed by atoms with Crippen LogP contribution in [0.5, 0.6) is 0 Å². The largest absolute Gasteiger partial charge is 0.292 e. The minimum absolute atomic E-state index is 0.229. The fraction of sp³-hybridized carbons (Fsp3) is 0.167. The van der Waals surface area contributed by atoms with Crippen LogP contribution in [0.15, 0.2) is 24.5 Å². The topological polar surface area (TPSA) is 59.0 Å². The van der Waals surface area contributed by atoms with Crippen molar-refractivity contribution in [3.8, 4) is 12.3 Å². The number of aromatic nitrogens is 3. The number of carbonyl (C=O) groups is 1. The predicted octanol–water partition coefficient (Wildman–Crippen LogP) is 1.58. The quantitative estimate of drug-likeness (QED) is 0.784. The molecule has 0 spiro atoms. The van der Waals surface area contributed by atoms with E-state index >= 15 is 0 Å². The number of pyridine rings is 1. The summed E-state index contributed by atoms with van der Waals surface area (Å²) >= 11 is 0.998. The van der Waals surface area contributed by atoms with Crippen LogP contribution in [0.3, 0.4) is 0 Å². The van der Waals surface area contributed by atoms with Crippen molar-refractivity contribution >= 4 is 23.5 Å². The van der Waals surface area contributed by atoms with Gasteiger partial charge in [-0.15, -0.1) is 6.42 Å². The predicted molar refractivity (Wildman–Crippen MR) is 69.4 cm³/mol. The first kappa shape index (κ1) is 12.2.